The van der Waals surface area contributed by atoms with Gasteiger partial charge in [-0.15, -0.1) is 0 Å². The molecule has 1 fully saturated rings. The topological polar surface area (TPSA) is 53.3 Å². The molecule has 1 aliphatic heterocycles. The lowest BCUT2D eigenvalue weighted by molar-refractivity contribution is 0.0142. The summed E-state index contributed by atoms with van der Waals surface area (Å²) in [6, 6.07) is 2.45. The number of rotatable bonds is 2. The molecule has 0 bridgehead atoms. The molecule has 1 aliphatic rings. The Labute approximate surface area is 110 Å². The first-order valence-electron chi connectivity index (χ1n) is 6.71. The van der Waals surface area contributed by atoms with Gasteiger partial charge in [-0.2, -0.15) is 5.26 Å². The lowest BCUT2D eigenvalue weighted by Crippen LogP contribution is -2.44. The van der Waals surface area contributed by atoms with Crippen LogP contribution < -0.4 is 0 Å². The molecule has 102 valence electrons. The maximum absolute atomic E-state index is 11.9. The Kier molecular flexibility index (Phi) is 4.61. The molecule has 0 aromatic carbocycles. The van der Waals surface area contributed by atoms with E-state index >= 15 is 0 Å². The summed E-state index contributed by atoms with van der Waals surface area (Å²) in [5.41, 5.74) is -0.683. The zero-order valence-corrected chi connectivity index (χ0v) is 12.0. The Hall–Kier alpha value is -1.24. The molecular weight excluding hydrogens is 228 g/mol. The van der Waals surface area contributed by atoms with Crippen LogP contribution in [0.25, 0.3) is 0 Å². The molecule has 0 aromatic rings. The van der Waals surface area contributed by atoms with Gasteiger partial charge in [0.1, 0.15) is 5.60 Å². The van der Waals surface area contributed by atoms with Crippen molar-refractivity contribution in [2.24, 2.45) is 5.41 Å². The van der Waals surface area contributed by atoms with E-state index in [1.54, 1.807) is 4.90 Å². The van der Waals surface area contributed by atoms with Gasteiger partial charge in [0, 0.05) is 13.1 Å². The number of carbonyl (C=O) groups excluding carboxylic acids is 1. The average Bonchev–Trinajstić information content (AvgIpc) is 2.28. The molecule has 0 N–H and O–H groups in total. The van der Waals surface area contributed by atoms with E-state index in [1.165, 1.54) is 0 Å². The third-order valence-electron chi connectivity index (χ3n) is 3.34. The van der Waals surface area contributed by atoms with Crippen molar-refractivity contribution in [3.8, 4) is 6.07 Å². The minimum Gasteiger partial charge on any atom is -0.444 e. The summed E-state index contributed by atoms with van der Waals surface area (Å²) in [5, 5.41) is 9.30. The van der Waals surface area contributed by atoms with Crippen LogP contribution in [0.15, 0.2) is 0 Å². The van der Waals surface area contributed by atoms with Crippen LogP contribution in [-0.4, -0.2) is 29.7 Å². The molecule has 0 radical (unpaired) electrons. The van der Waals surface area contributed by atoms with Gasteiger partial charge in [-0.1, -0.05) is 13.3 Å². The molecule has 0 aromatic heterocycles. The Morgan fingerprint density at radius 2 is 1.94 bits per heavy atom. The van der Waals surface area contributed by atoms with Gasteiger partial charge in [-0.25, -0.2) is 4.79 Å². The van der Waals surface area contributed by atoms with E-state index in [2.05, 4.69) is 13.0 Å². The zero-order valence-electron chi connectivity index (χ0n) is 12.0. The molecular formula is C14H24N2O2. The van der Waals surface area contributed by atoms with Gasteiger partial charge >= 0.3 is 6.09 Å². The third-order valence-corrected chi connectivity index (χ3v) is 3.34. The minimum atomic E-state index is -0.454. The molecule has 1 heterocycles. The molecule has 4 heteroatoms. The summed E-state index contributed by atoms with van der Waals surface area (Å²) in [6.45, 7) is 8.95. The number of hydrogen-bond donors (Lipinski definition) is 0. The first-order valence-corrected chi connectivity index (χ1v) is 6.71. The summed E-state index contributed by atoms with van der Waals surface area (Å²) in [5.74, 6) is 0. The predicted octanol–water partition coefficient (Wildman–Crippen LogP) is 3.33. The van der Waals surface area contributed by atoms with Crippen LogP contribution in [0.1, 0.15) is 53.4 Å². The van der Waals surface area contributed by atoms with Crippen LogP contribution in [0.3, 0.4) is 0 Å². The first kappa shape index (κ1) is 14.8. The maximum atomic E-state index is 11.9. The highest BCUT2D eigenvalue weighted by molar-refractivity contribution is 5.68. The number of nitriles is 1. The highest BCUT2D eigenvalue weighted by Crippen LogP contribution is 2.35. The fourth-order valence-electron chi connectivity index (χ4n) is 2.34. The predicted molar refractivity (Wildman–Crippen MR) is 70.0 cm³/mol. The molecule has 18 heavy (non-hydrogen) atoms. The summed E-state index contributed by atoms with van der Waals surface area (Å²) < 4.78 is 5.34. The van der Waals surface area contributed by atoms with E-state index < -0.39 is 5.60 Å². The molecule has 0 spiro atoms. The number of nitrogens with zero attached hydrogens (tertiary/aromatic N) is 2. The highest BCUT2D eigenvalue weighted by atomic mass is 16.6. The molecule has 0 aliphatic carbocycles. The van der Waals surface area contributed by atoms with Crippen molar-refractivity contribution in [2.45, 2.75) is 59.0 Å². The minimum absolute atomic E-state index is 0.229. The van der Waals surface area contributed by atoms with Crippen LogP contribution in [0.4, 0.5) is 4.79 Å². The first-order chi connectivity index (χ1) is 8.32. The quantitative estimate of drug-likeness (QED) is 0.757. The summed E-state index contributed by atoms with van der Waals surface area (Å²) in [7, 11) is 0. The van der Waals surface area contributed by atoms with E-state index in [-0.39, 0.29) is 11.5 Å². The van der Waals surface area contributed by atoms with Gasteiger partial charge in [0.15, 0.2) is 0 Å². The SMILES string of the molecule is CCCC1(C#N)CCN(C(=O)OC(C)(C)C)CC1. The molecule has 1 saturated heterocycles. The van der Waals surface area contributed by atoms with Crippen molar-refractivity contribution >= 4 is 6.09 Å². The van der Waals surface area contributed by atoms with Crippen LogP contribution >= 0.6 is 0 Å². The second kappa shape index (κ2) is 5.60. The maximum Gasteiger partial charge on any atom is 0.410 e. The smallest absolute Gasteiger partial charge is 0.410 e. The third kappa shape index (κ3) is 3.90. The monoisotopic (exact) mass is 252 g/mol. The van der Waals surface area contributed by atoms with E-state index in [0.29, 0.717) is 13.1 Å². The van der Waals surface area contributed by atoms with Crippen molar-refractivity contribution in [1.82, 2.24) is 4.90 Å². The van der Waals surface area contributed by atoms with Crippen molar-refractivity contribution in [2.75, 3.05) is 13.1 Å². The number of likely N-dealkylation sites (tertiary alicyclic amines) is 1. The number of carbonyl (C=O) groups is 1. The summed E-state index contributed by atoms with van der Waals surface area (Å²) >= 11 is 0. The fraction of sp³-hybridized carbons (Fsp3) is 0.857. The van der Waals surface area contributed by atoms with E-state index in [0.717, 1.165) is 25.7 Å². The second-order valence-corrected chi connectivity index (χ2v) is 6.11. The van der Waals surface area contributed by atoms with E-state index in [9.17, 15) is 10.1 Å². The van der Waals surface area contributed by atoms with Crippen molar-refractivity contribution in [3.05, 3.63) is 0 Å². The lowest BCUT2D eigenvalue weighted by Gasteiger charge is -2.37. The molecule has 1 amide bonds. The van der Waals surface area contributed by atoms with Crippen molar-refractivity contribution in [1.29, 1.82) is 5.26 Å². The molecule has 4 nitrogen and oxygen atoms in total. The number of ether oxygens (including phenoxy) is 1. The molecule has 0 atom stereocenters. The molecule has 0 saturated carbocycles. The number of hydrogen-bond acceptors (Lipinski definition) is 3. The second-order valence-electron chi connectivity index (χ2n) is 6.11. The highest BCUT2D eigenvalue weighted by Gasteiger charge is 2.36. The van der Waals surface area contributed by atoms with Crippen LogP contribution in [0.5, 0.6) is 0 Å². The van der Waals surface area contributed by atoms with Crippen molar-refractivity contribution < 1.29 is 9.53 Å². The zero-order chi connectivity index (χ0) is 13.8. The Morgan fingerprint density at radius 1 is 1.39 bits per heavy atom. The van der Waals surface area contributed by atoms with Gasteiger partial charge in [-0.05, 0) is 40.0 Å². The Morgan fingerprint density at radius 3 is 2.33 bits per heavy atom. The Balaban J connectivity index is 2.54. The summed E-state index contributed by atoms with van der Waals surface area (Å²) in [6.07, 6.45) is 3.20. The van der Waals surface area contributed by atoms with Crippen LogP contribution in [0, 0.1) is 16.7 Å². The van der Waals surface area contributed by atoms with Gasteiger partial charge in [0.2, 0.25) is 0 Å². The van der Waals surface area contributed by atoms with Crippen LogP contribution in [0.2, 0.25) is 0 Å². The number of amides is 1. The number of piperidine rings is 1. The summed E-state index contributed by atoms with van der Waals surface area (Å²) in [4.78, 5) is 13.6. The van der Waals surface area contributed by atoms with Gasteiger partial charge < -0.3 is 9.64 Å². The van der Waals surface area contributed by atoms with Gasteiger partial charge in [0.25, 0.3) is 0 Å². The lowest BCUT2D eigenvalue weighted by atomic mass is 9.76. The van der Waals surface area contributed by atoms with Crippen LogP contribution in [-0.2, 0) is 4.74 Å². The normalized spacial score (nSPS) is 19.2. The van der Waals surface area contributed by atoms with E-state index in [1.807, 2.05) is 20.8 Å². The Bertz CT molecular complexity index is 331. The van der Waals surface area contributed by atoms with E-state index in [4.69, 9.17) is 4.74 Å². The molecule has 1 rings (SSSR count). The van der Waals surface area contributed by atoms with Gasteiger partial charge in [-0.3, -0.25) is 0 Å². The fourth-order valence-corrected chi connectivity index (χ4v) is 2.34. The standard InChI is InChI=1S/C14H24N2O2/c1-5-6-14(11-15)7-9-16(10-8-14)12(17)18-13(2,3)4/h5-10H2,1-4H3. The average molecular weight is 252 g/mol. The molecule has 0 unspecified atom stereocenters. The largest absolute Gasteiger partial charge is 0.444 e. The van der Waals surface area contributed by atoms with Gasteiger partial charge in [0.05, 0.1) is 11.5 Å². The van der Waals surface area contributed by atoms with Crippen molar-refractivity contribution in [3.63, 3.8) is 0 Å².